The van der Waals surface area contributed by atoms with Crippen LogP contribution in [0.1, 0.15) is 39.2 Å². The average Bonchev–Trinajstić information content (AvgIpc) is 2.92. The molecule has 1 atom stereocenters. The highest BCUT2D eigenvalue weighted by molar-refractivity contribution is 6.31. The number of carbonyl (C=O) groups excluding carboxylic acids is 2. The van der Waals surface area contributed by atoms with Gasteiger partial charge in [-0.3, -0.25) is 19.0 Å². The maximum Gasteiger partial charge on any atom is 0.335 e. The Balaban J connectivity index is 1.81. The second-order valence-electron chi connectivity index (χ2n) is 8.93. The fourth-order valence-electron chi connectivity index (χ4n) is 4.30. The minimum absolute atomic E-state index is 0.0631. The van der Waals surface area contributed by atoms with Gasteiger partial charge in [0.05, 0.1) is 18.9 Å². The second kappa shape index (κ2) is 12.2. The Labute approximate surface area is 239 Å². The minimum atomic E-state index is -1.10. The first-order chi connectivity index (χ1) is 19.1. The van der Waals surface area contributed by atoms with Crippen molar-refractivity contribution in [3.63, 3.8) is 0 Å². The monoisotopic (exact) mass is 578 g/mol. The van der Waals surface area contributed by atoms with Crippen LogP contribution in [0, 0.1) is 0 Å². The van der Waals surface area contributed by atoms with Gasteiger partial charge in [0.1, 0.15) is 11.8 Å². The van der Waals surface area contributed by atoms with Crippen LogP contribution in [0.4, 0.5) is 5.69 Å². The van der Waals surface area contributed by atoms with Crippen molar-refractivity contribution in [1.29, 1.82) is 0 Å². The molecule has 0 aliphatic rings. The number of rotatable bonds is 9. The molecule has 8 nitrogen and oxygen atoms in total. The van der Waals surface area contributed by atoms with Gasteiger partial charge in [0.25, 0.3) is 5.56 Å². The largest absolute Gasteiger partial charge is 0.495 e. The highest BCUT2D eigenvalue weighted by Crippen LogP contribution is 2.34. The minimum Gasteiger partial charge on any atom is -0.495 e. The van der Waals surface area contributed by atoms with Gasteiger partial charge in [0.2, 0.25) is 5.91 Å². The van der Waals surface area contributed by atoms with Gasteiger partial charge < -0.3 is 15.2 Å². The summed E-state index contributed by atoms with van der Waals surface area (Å²) in [6, 6.07) is 17.6. The number of carboxylic acids is 1. The predicted octanol–water partition coefficient (Wildman–Crippen LogP) is 6.15. The van der Waals surface area contributed by atoms with E-state index in [0.29, 0.717) is 38.0 Å². The molecular formula is C30H24Cl2N2O6. The molecule has 0 spiro atoms. The number of carbonyl (C=O) groups is 3. The quantitative estimate of drug-likeness (QED) is 0.230. The van der Waals surface area contributed by atoms with Crippen molar-refractivity contribution >= 4 is 46.5 Å². The normalized spacial score (nSPS) is 11.5. The molecule has 1 heterocycles. The van der Waals surface area contributed by atoms with Gasteiger partial charge in [-0.05, 0) is 66.6 Å². The zero-order valence-corrected chi connectivity index (χ0v) is 23.0. The third-order valence-corrected chi connectivity index (χ3v) is 6.93. The van der Waals surface area contributed by atoms with E-state index in [0.717, 1.165) is 0 Å². The highest BCUT2D eigenvalue weighted by Gasteiger charge is 2.26. The Bertz CT molecular complexity index is 1660. The lowest BCUT2D eigenvalue weighted by molar-refractivity contribution is -0.119. The lowest BCUT2D eigenvalue weighted by Crippen LogP contribution is -2.34. The number of nitrogens with one attached hydrogen (secondary N) is 1. The van der Waals surface area contributed by atoms with Crippen molar-refractivity contribution in [1.82, 2.24) is 4.57 Å². The molecule has 0 saturated carbocycles. The molecule has 0 aliphatic carbocycles. The number of amides is 1. The number of nitrogens with zero attached hydrogens (tertiary/aromatic N) is 1. The van der Waals surface area contributed by atoms with E-state index in [1.807, 2.05) is 0 Å². The number of pyridine rings is 1. The first kappa shape index (κ1) is 28.6. The summed E-state index contributed by atoms with van der Waals surface area (Å²) in [4.78, 5) is 50.7. The van der Waals surface area contributed by atoms with Crippen molar-refractivity contribution in [2.45, 2.75) is 19.4 Å². The molecule has 10 heteroatoms. The zero-order chi connectivity index (χ0) is 29.0. The first-order valence-corrected chi connectivity index (χ1v) is 12.8. The molecular weight excluding hydrogens is 555 g/mol. The van der Waals surface area contributed by atoms with Crippen LogP contribution < -0.4 is 15.6 Å². The molecule has 0 bridgehead atoms. The Morgan fingerprint density at radius 2 is 1.68 bits per heavy atom. The number of ketones is 1. The smallest absolute Gasteiger partial charge is 0.335 e. The number of ether oxygens (including phenoxy) is 1. The summed E-state index contributed by atoms with van der Waals surface area (Å²) in [6.45, 7) is 1.41. The van der Waals surface area contributed by atoms with Crippen LogP contribution in [0.3, 0.4) is 0 Å². The summed E-state index contributed by atoms with van der Waals surface area (Å²) in [5, 5.41) is 12.7. The fraction of sp³-hybridized carbons (Fsp3) is 0.133. The standard InChI is InChI=1S/C30H24Cl2N2O6/c1-17(35)22-12-9-20(31)14-23(22)24-15-28(36)34(16-27(24)40-2)26(13-19-5-3-4-6-25(19)32)29(37)33-21-10-7-18(8-11-21)30(38)39/h3-12,14-16,26H,13H2,1-2H3,(H,33,37)(H,38,39). The predicted molar refractivity (Wildman–Crippen MR) is 154 cm³/mol. The Morgan fingerprint density at radius 1 is 0.975 bits per heavy atom. The van der Waals surface area contributed by atoms with E-state index in [9.17, 15) is 19.2 Å². The molecule has 0 fully saturated rings. The van der Waals surface area contributed by atoms with Gasteiger partial charge in [-0.1, -0.05) is 41.4 Å². The van der Waals surface area contributed by atoms with Gasteiger partial charge in [-0.2, -0.15) is 0 Å². The summed E-state index contributed by atoms with van der Waals surface area (Å²) in [6.07, 6.45) is 1.48. The molecule has 4 rings (SSSR count). The third-order valence-electron chi connectivity index (χ3n) is 6.32. The Kier molecular flexibility index (Phi) is 8.72. The molecule has 0 saturated heterocycles. The van der Waals surface area contributed by atoms with Gasteiger partial charge in [-0.15, -0.1) is 0 Å². The van der Waals surface area contributed by atoms with Crippen molar-refractivity contribution in [3.05, 3.63) is 116 Å². The van der Waals surface area contributed by atoms with Crippen molar-refractivity contribution < 1.29 is 24.2 Å². The Hall–Kier alpha value is -4.40. The van der Waals surface area contributed by atoms with Gasteiger partial charge in [0.15, 0.2) is 5.78 Å². The van der Waals surface area contributed by atoms with E-state index in [1.54, 1.807) is 42.5 Å². The maximum absolute atomic E-state index is 13.6. The van der Waals surface area contributed by atoms with Crippen molar-refractivity contribution in [3.8, 4) is 16.9 Å². The molecule has 1 amide bonds. The number of hydrogen-bond acceptors (Lipinski definition) is 5. The van der Waals surface area contributed by atoms with E-state index in [2.05, 4.69) is 5.32 Å². The number of carboxylic acid groups (broad SMARTS) is 1. The first-order valence-electron chi connectivity index (χ1n) is 12.1. The van der Waals surface area contributed by atoms with Crippen molar-refractivity contribution in [2.24, 2.45) is 0 Å². The fourth-order valence-corrected chi connectivity index (χ4v) is 4.69. The van der Waals surface area contributed by atoms with E-state index >= 15 is 0 Å². The van der Waals surface area contributed by atoms with Gasteiger partial charge >= 0.3 is 5.97 Å². The zero-order valence-electron chi connectivity index (χ0n) is 21.5. The van der Waals surface area contributed by atoms with Crippen LogP contribution in [0.2, 0.25) is 10.0 Å². The lowest BCUT2D eigenvalue weighted by atomic mass is 9.97. The molecule has 0 radical (unpaired) electrons. The lowest BCUT2D eigenvalue weighted by Gasteiger charge is -2.22. The molecule has 0 aliphatic heterocycles. The number of aromatic carboxylic acids is 1. The van der Waals surface area contributed by atoms with E-state index < -0.39 is 23.5 Å². The number of aromatic nitrogens is 1. The summed E-state index contributed by atoms with van der Waals surface area (Å²) >= 11 is 12.6. The third kappa shape index (κ3) is 6.25. The molecule has 1 aromatic heterocycles. The van der Waals surface area contributed by atoms with Crippen LogP contribution in [0.5, 0.6) is 5.75 Å². The highest BCUT2D eigenvalue weighted by atomic mass is 35.5. The topological polar surface area (TPSA) is 115 Å². The number of Topliss-reactive ketones (excluding diaryl/α,β-unsaturated/α-hetero) is 1. The second-order valence-corrected chi connectivity index (χ2v) is 9.77. The summed E-state index contributed by atoms with van der Waals surface area (Å²) < 4.78 is 6.84. The van der Waals surface area contributed by atoms with Crippen LogP contribution in [-0.4, -0.2) is 34.4 Å². The molecule has 3 aromatic carbocycles. The van der Waals surface area contributed by atoms with Crippen molar-refractivity contribution in [2.75, 3.05) is 12.4 Å². The van der Waals surface area contributed by atoms with E-state index in [1.165, 1.54) is 55.1 Å². The summed E-state index contributed by atoms with van der Waals surface area (Å²) in [7, 11) is 1.42. The molecule has 204 valence electrons. The molecule has 1 unspecified atom stereocenters. The van der Waals surface area contributed by atoms with Crippen LogP contribution >= 0.6 is 23.2 Å². The van der Waals surface area contributed by atoms with Gasteiger partial charge in [0, 0.05) is 39.3 Å². The number of hydrogen-bond donors (Lipinski definition) is 2. The average molecular weight is 579 g/mol. The maximum atomic E-state index is 13.6. The molecule has 4 aromatic rings. The molecule has 2 N–H and O–H groups in total. The number of halogens is 2. The van der Waals surface area contributed by atoms with Crippen LogP contribution in [-0.2, 0) is 11.2 Å². The summed E-state index contributed by atoms with van der Waals surface area (Å²) in [5.41, 5.74) is 1.64. The van der Waals surface area contributed by atoms with Crippen LogP contribution in [0.15, 0.2) is 83.8 Å². The van der Waals surface area contributed by atoms with E-state index in [-0.39, 0.29) is 23.5 Å². The number of benzene rings is 3. The number of anilines is 1. The molecule has 40 heavy (non-hydrogen) atoms. The Morgan fingerprint density at radius 3 is 2.30 bits per heavy atom. The van der Waals surface area contributed by atoms with E-state index in [4.69, 9.17) is 33.0 Å². The summed E-state index contributed by atoms with van der Waals surface area (Å²) in [5.74, 6) is -1.61. The van der Waals surface area contributed by atoms with Crippen LogP contribution in [0.25, 0.3) is 11.1 Å². The van der Waals surface area contributed by atoms with Gasteiger partial charge in [-0.25, -0.2) is 4.79 Å². The number of methoxy groups -OCH3 is 1. The SMILES string of the molecule is COc1cn(C(Cc2ccccc2Cl)C(=O)Nc2ccc(C(=O)O)cc2)c(=O)cc1-c1cc(Cl)ccc1C(C)=O.